The molecule has 0 spiro atoms. The number of fused-ring (bicyclic) bond motifs is 1. The van der Waals surface area contributed by atoms with E-state index < -0.39 is 0 Å². The molecule has 1 N–H and O–H groups in total. The zero-order chi connectivity index (χ0) is 13.7. The molecule has 1 heteroatoms. The van der Waals surface area contributed by atoms with Crippen molar-refractivity contribution in [3.8, 4) is 0 Å². The smallest absolute Gasteiger partial charge is 0.0985 e. The zero-order valence-corrected chi connectivity index (χ0v) is 12.3. The molecule has 0 amide bonds. The molecule has 2 aliphatic rings. The third-order valence-corrected chi connectivity index (χ3v) is 5.15. The van der Waals surface area contributed by atoms with E-state index in [0.717, 1.165) is 12.8 Å². The van der Waals surface area contributed by atoms with Crippen LogP contribution in [0, 0.1) is 0 Å². The van der Waals surface area contributed by atoms with Gasteiger partial charge in [-0.25, -0.2) is 0 Å². The van der Waals surface area contributed by atoms with Gasteiger partial charge in [0.2, 0.25) is 0 Å². The molecular formula is C18H24O. The van der Waals surface area contributed by atoms with Crippen LogP contribution in [-0.4, -0.2) is 5.11 Å². The van der Waals surface area contributed by atoms with Crippen molar-refractivity contribution in [1.29, 1.82) is 0 Å². The van der Waals surface area contributed by atoms with Crippen molar-refractivity contribution in [2.24, 2.45) is 0 Å². The summed E-state index contributed by atoms with van der Waals surface area (Å²) in [5.74, 6) is 0.557. The van der Waals surface area contributed by atoms with E-state index in [2.05, 4.69) is 32.0 Å². The predicted molar refractivity (Wildman–Crippen MR) is 79.7 cm³/mol. The van der Waals surface area contributed by atoms with Crippen LogP contribution >= 0.6 is 0 Å². The summed E-state index contributed by atoms with van der Waals surface area (Å²) in [5, 5.41) is 10.2. The highest BCUT2D eigenvalue weighted by Crippen LogP contribution is 2.54. The summed E-state index contributed by atoms with van der Waals surface area (Å²) in [6.45, 7) is 6.63. The third-order valence-electron chi connectivity index (χ3n) is 5.15. The maximum Gasteiger partial charge on any atom is 0.0985 e. The number of aryl methyl sites for hydroxylation is 1. The quantitative estimate of drug-likeness (QED) is 0.754. The lowest BCUT2D eigenvalue weighted by molar-refractivity contribution is 0.357. The first-order valence-corrected chi connectivity index (χ1v) is 7.49. The Morgan fingerprint density at radius 1 is 1.21 bits per heavy atom. The van der Waals surface area contributed by atoms with Crippen LogP contribution in [-0.2, 0) is 17.3 Å². The Balaban J connectivity index is 2.07. The van der Waals surface area contributed by atoms with E-state index >= 15 is 0 Å². The van der Waals surface area contributed by atoms with Gasteiger partial charge in [-0.15, -0.1) is 0 Å². The predicted octanol–water partition coefficient (Wildman–Crippen LogP) is 4.79. The molecule has 1 aromatic carbocycles. The number of allylic oxidation sites excluding steroid dienone is 2. The Labute approximate surface area is 116 Å². The molecule has 1 saturated carbocycles. The van der Waals surface area contributed by atoms with Gasteiger partial charge >= 0.3 is 0 Å². The number of rotatable bonds is 2. The van der Waals surface area contributed by atoms with Gasteiger partial charge in [0.05, 0.1) is 11.2 Å². The highest BCUT2D eigenvalue weighted by molar-refractivity contribution is 5.47. The maximum absolute atomic E-state index is 10.2. The molecule has 0 bridgehead atoms. The van der Waals surface area contributed by atoms with Crippen molar-refractivity contribution in [3.05, 3.63) is 46.7 Å². The Bertz CT molecular complexity index is 533. The van der Waals surface area contributed by atoms with Gasteiger partial charge in [-0.05, 0) is 67.2 Å². The number of benzene rings is 1. The van der Waals surface area contributed by atoms with Crippen LogP contribution in [0.15, 0.2) is 30.0 Å². The summed E-state index contributed by atoms with van der Waals surface area (Å²) in [4.78, 5) is 0. The average molecular weight is 256 g/mol. The molecule has 2 aliphatic carbocycles. The van der Waals surface area contributed by atoms with E-state index in [4.69, 9.17) is 0 Å². The van der Waals surface area contributed by atoms with Crippen molar-refractivity contribution in [3.63, 3.8) is 0 Å². The second-order valence-electron chi connectivity index (χ2n) is 6.87. The van der Waals surface area contributed by atoms with E-state index in [1.54, 1.807) is 0 Å². The van der Waals surface area contributed by atoms with E-state index in [-0.39, 0.29) is 10.8 Å². The molecule has 1 nitrogen and oxygen atoms in total. The first-order valence-electron chi connectivity index (χ1n) is 7.49. The fraction of sp³-hybridized carbons (Fsp3) is 0.556. The highest BCUT2D eigenvalue weighted by atomic mass is 16.3. The Hall–Kier alpha value is -1.24. The molecule has 0 aromatic heterocycles. The minimum absolute atomic E-state index is 0.0582. The van der Waals surface area contributed by atoms with Gasteiger partial charge < -0.3 is 5.11 Å². The summed E-state index contributed by atoms with van der Waals surface area (Å²) >= 11 is 0. The van der Waals surface area contributed by atoms with Gasteiger partial charge in [0.15, 0.2) is 0 Å². The molecule has 102 valence electrons. The normalized spacial score (nSPS) is 23.8. The van der Waals surface area contributed by atoms with Crippen LogP contribution in [0.4, 0.5) is 0 Å². The standard InChI is InChI=1S/C18H24O/c1-4-16(19)18(10-11-18)14-8-7-13-6-5-9-17(2,3)15(13)12-14/h4,7-8,12,19H,5-6,9-11H2,1-3H3. The summed E-state index contributed by atoms with van der Waals surface area (Å²) in [5.41, 5.74) is 4.56. The molecule has 0 unspecified atom stereocenters. The van der Waals surface area contributed by atoms with Gasteiger partial charge in [-0.1, -0.05) is 32.0 Å². The number of hydrogen-bond acceptors (Lipinski definition) is 1. The fourth-order valence-electron chi connectivity index (χ4n) is 3.67. The van der Waals surface area contributed by atoms with E-state index in [9.17, 15) is 5.11 Å². The molecule has 1 fully saturated rings. The minimum atomic E-state index is -0.0582. The van der Waals surface area contributed by atoms with Crippen LogP contribution in [0.25, 0.3) is 0 Å². The largest absolute Gasteiger partial charge is 0.512 e. The Kier molecular flexibility index (Phi) is 2.78. The molecule has 3 rings (SSSR count). The second-order valence-corrected chi connectivity index (χ2v) is 6.87. The lowest BCUT2D eigenvalue weighted by Gasteiger charge is -2.33. The van der Waals surface area contributed by atoms with Gasteiger partial charge in [-0.2, -0.15) is 0 Å². The zero-order valence-electron chi connectivity index (χ0n) is 12.3. The first kappa shape index (κ1) is 12.8. The van der Waals surface area contributed by atoms with Crippen molar-refractivity contribution < 1.29 is 5.11 Å². The van der Waals surface area contributed by atoms with E-state index in [0.29, 0.717) is 5.76 Å². The Morgan fingerprint density at radius 2 is 1.95 bits per heavy atom. The molecule has 0 heterocycles. The average Bonchev–Trinajstić information content (AvgIpc) is 3.19. The number of hydrogen-bond donors (Lipinski definition) is 1. The van der Waals surface area contributed by atoms with Crippen molar-refractivity contribution in [2.45, 2.75) is 63.7 Å². The molecule has 0 radical (unpaired) electrons. The van der Waals surface area contributed by atoms with E-state index in [1.807, 2.05) is 13.0 Å². The van der Waals surface area contributed by atoms with Crippen molar-refractivity contribution in [2.75, 3.05) is 0 Å². The summed E-state index contributed by atoms with van der Waals surface area (Å²) in [6, 6.07) is 6.92. The first-order chi connectivity index (χ1) is 8.99. The van der Waals surface area contributed by atoms with Crippen LogP contribution in [0.3, 0.4) is 0 Å². The Morgan fingerprint density at radius 3 is 2.58 bits per heavy atom. The van der Waals surface area contributed by atoms with Gasteiger partial charge in [-0.3, -0.25) is 0 Å². The molecule has 1 aromatic rings. The fourth-order valence-corrected chi connectivity index (χ4v) is 3.67. The highest BCUT2D eigenvalue weighted by Gasteiger charge is 2.48. The monoisotopic (exact) mass is 256 g/mol. The minimum Gasteiger partial charge on any atom is -0.512 e. The molecule has 0 atom stereocenters. The summed E-state index contributed by atoms with van der Waals surface area (Å²) in [7, 11) is 0. The molecule has 19 heavy (non-hydrogen) atoms. The topological polar surface area (TPSA) is 20.2 Å². The maximum atomic E-state index is 10.2. The van der Waals surface area contributed by atoms with Gasteiger partial charge in [0, 0.05) is 0 Å². The van der Waals surface area contributed by atoms with Crippen LogP contribution in [0.1, 0.15) is 63.1 Å². The molecular weight excluding hydrogens is 232 g/mol. The summed E-state index contributed by atoms with van der Waals surface area (Å²) in [6.07, 6.45) is 7.81. The summed E-state index contributed by atoms with van der Waals surface area (Å²) < 4.78 is 0. The lowest BCUT2D eigenvalue weighted by Crippen LogP contribution is -2.25. The van der Waals surface area contributed by atoms with Crippen LogP contribution in [0.2, 0.25) is 0 Å². The van der Waals surface area contributed by atoms with Gasteiger partial charge in [0.25, 0.3) is 0 Å². The second kappa shape index (κ2) is 4.13. The van der Waals surface area contributed by atoms with Gasteiger partial charge in [0.1, 0.15) is 0 Å². The van der Waals surface area contributed by atoms with Crippen LogP contribution in [0.5, 0.6) is 0 Å². The molecule has 0 saturated heterocycles. The van der Waals surface area contributed by atoms with Crippen molar-refractivity contribution in [1.82, 2.24) is 0 Å². The lowest BCUT2D eigenvalue weighted by atomic mass is 9.71. The van der Waals surface area contributed by atoms with Crippen molar-refractivity contribution >= 4 is 0 Å². The third kappa shape index (κ3) is 1.91. The van der Waals surface area contributed by atoms with Crippen LogP contribution < -0.4 is 0 Å². The number of aliphatic hydroxyl groups is 1. The number of aliphatic hydroxyl groups excluding tert-OH is 1. The SMILES string of the molecule is CC=C(O)C1(c2ccc3c(c2)C(C)(C)CCC3)CC1. The van der Waals surface area contributed by atoms with E-state index in [1.165, 1.54) is 36.0 Å². The molecule has 0 aliphatic heterocycles.